The van der Waals surface area contributed by atoms with Gasteiger partial charge < -0.3 is 9.42 Å². The van der Waals surface area contributed by atoms with Crippen molar-refractivity contribution in [1.29, 1.82) is 0 Å². The highest BCUT2D eigenvalue weighted by atomic mass is 16.5. The van der Waals surface area contributed by atoms with E-state index in [0.29, 0.717) is 11.8 Å². The average Bonchev–Trinajstić information content (AvgIpc) is 3.23. The lowest BCUT2D eigenvalue weighted by atomic mass is 9.91. The van der Waals surface area contributed by atoms with E-state index in [1.807, 2.05) is 11.5 Å². The largest absolute Gasteiger partial charge is 0.356 e. The van der Waals surface area contributed by atoms with Gasteiger partial charge in [0, 0.05) is 41.6 Å². The van der Waals surface area contributed by atoms with Crippen LogP contribution < -0.4 is 5.56 Å². The van der Waals surface area contributed by atoms with E-state index in [0.717, 1.165) is 105 Å². The van der Waals surface area contributed by atoms with Crippen LogP contribution in [0.1, 0.15) is 85.6 Å². The van der Waals surface area contributed by atoms with E-state index in [9.17, 15) is 4.79 Å². The number of aromatic nitrogens is 3. The van der Waals surface area contributed by atoms with Crippen LogP contribution in [0.5, 0.6) is 0 Å². The van der Waals surface area contributed by atoms with Crippen molar-refractivity contribution in [2.45, 2.75) is 84.1 Å². The summed E-state index contributed by atoms with van der Waals surface area (Å²) in [4.78, 5) is 20.7. The lowest BCUT2D eigenvalue weighted by Crippen LogP contribution is -2.37. The zero-order valence-electron chi connectivity index (χ0n) is 20.3. The van der Waals surface area contributed by atoms with E-state index in [2.05, 4.69) is 42.1 Å². The second-order valence-corrected chi connectivity index (χ2v) is 10.1. The molecule has 4 heterocycles. The average molecular weight is 449 g/mol. The van der Waals surface area contributed by atoms with E-state index in [1.165, 1.54) is 5.56 Å². The molecular weight excluding hydrogens is 412 g/mol. The van der Waals surface area contributed by atoms with Gasteiger partial charge in [0.15, 0.2) is 5.58 Å². The minimum absolute atomic E-state index is 0.206. The Morgan fingerprint density at radius 2 is 1.94 bits per heavy atom. The zero-order valence-corrected chi connectivity index (χ0v) is 20.3. The van der Waals surface area contributed by atoms with Crippen LogP contribution in [0.15, 0.2) is 27.5 Å². The number of benzene rings is 1. The van der Waals surface area contributed by atoms with Gasteiger partial charge >= 0.3 is 0 Å². The topological polar surface area (TPSA) is 64.2 Å². The summed E-state index contributed by atoms with van der Waals surface area (Å²) in [5.41, 5.74) is 5.26. The third kappa shape index (κ3) is 4.37. The first-order valence-corrected chi connectivity index (χ1v) is 12.7. The Balaban J connectivity index is 1.24. The van der Waals surface area contributed by atoms with E-state index >= 15 is 0 Å². The van der Waals surface area contributed by atoms with Crippen molar-refractivity contribution >= 4 is 11.0 Å². The first-order valence-electron chi connectivity index (χ1n) is 12.7. The summed E-state index contributed by atoms with van der Waals surface area (Å²) in [6.45, 7) is 10.1. The maximum absolute atomic E-state index is 13.3. The SMILES string of the molecule is CCCC1CCCn2c1nc(C)c(CCN1CCC(c3noc4cc(C)ccc34)CC1)c2=O. The number of aryl methyl sites for hydroxylation is 2. The van der Waals surface area contributed by atoms with Gasteiger partial charge in [0.1, 0.15) is 5.82 Å². The van der Waals surface area contributed by atoms with E-state index in [-0.39, 0.29) is 5.56 Å². The summed E-state index contributed by atoms with van der Waals surface area (Å²) in [5, 5.41) is 5.57. The molecule has 2 aliphatic rings. The van der Waals surface area contributed by atoms with Crippen LogP contribution in [0.3, 0.4) is 0 Å². The smallest absolute Gasteiger partial charge is 0.256 e. The number of piperidine rings is 1. The van der Waals surface area contributed by atoms with Crippen LogP contribution in [0.4, 0.5) is 0 Å². The molecule has 6 heteroatoms. The van der Waals surface area contributed by atoms with Crippen LogP contribution in [0.2, 0.25) is 0 Å². The Morgan fingerprint density at radius 1 is 1.12 bits per heavy atom. The number of nitrogens with zero attached hydrogens (tertiary/aromatic N) is 4. The molecule has 1 aromatic carbocycles. The molecule has 0 radical (unpaired) electrons. The molecule has 0 aliphatic carbocycles. The summed E-state index contributed by atoms with van der Waals surface area (Å²) in [6.07, 6.45) is 7.46. The van der Waals surface area contributed by atoms with Gasteiger partial charge in [0.2, 0.25) is 0 Å². The minimum atomic E-state index is 0.206. The van der Waals surface area contributed by atoms with Crippen molar-refractivity contribution < 1.29 is 4.52 Å². The molecular formula is C27H36N4O2. The predicted molar refractivity (Wildman–Crippen MR) is 131 cm³/mol. The third-order valence-corrected chi connectivity index (χ3v) is 7.74. The number of rotatable bonds is 6. The van der Waals surface area contributed by atoms with Gasteiger partial charge in [-0.2, -0.15) is 0 Å². The Morgan fingerprint density at radius 3 is 2.73 bits per heavy atom. The maximum atomic E-state index is 13.3. The fraction of sp³-hybridized carbons (Fsp3) is 0.593. The van der Waals surface area contributed by atoms with Crippen molar-refractivity contribution in [3.8, 4) is 0 Å². The second-order valence-electron chi connectivity index (χ2n) is 10.1. The highest BCUT2D eigenvalue weighted by molar-refractivity contribution is 5.80. The number of hydrogen-bond donors (Lipinski definition) is 0. The van der Waals surface area contributed by atoms with Crippen LogP contribution >= 0.6 is 0 Å². The Kier molecular flexibility index (Phi) is 6.37. The minimum Gasteiger partial charge on any atom is -0.356 e. The molecule has 2 aromatic heterocycles. The highest BCUT2D eigenvalue weighted by Crippen LogP contribution is 2.33. The number of hydrogen-bond acceptors (Lipinski definition) is 5. The molecule has 176 valence electrons. The monoisotopic (exact) mass is 448 g/mol. The molecule has 0 N–H and O–H groups in total. The molecule has 33 heavy (non-hydrogen) atoms. The van der Waals surface area contributed by atoms with Crippen molar-refractivity contribution in [2.24, 2.45) is 0 Å². The first kappa shape index (κ1) is 22.3. The van der Waals surface area contributed by atoms with Gasteiger partial charge in [-0.1, -0.05) is 24.6 Å². The first-order chi connectivity index (χ1) is 16.0. The summed E-state index contributed by atoms with van der Waals surface area (Å²) in [6, 6.07) is 6.35. The van der Waals surface area contributed by atoms with Gasteiger partial charge in [0.05, 0.1) is 5.69 Å². The van der Waals surface area contributed by atoms with Crippen LogP contribution in [0.25, 0.3) is 11.0 Å². The van der Waals surface area contributed by atoms with E-state index < -0.39 is 0 Å². The van der Waals surface area contributed by atoms with Crippen LogP contribution in [-0.2, 0) is 13.0 Å². The summed E-state index contributed by atoms with van der Waals surface area (Å²) < 4.78 is 7.58. The Bertz CT molecular complexity index is 1190. The van der Waals surface area contributed by atoms with Crippen molar-refractivity contribution in [1.82, 2.24) is 19.6 Å². The summed E-state index contributed by atoms with van der Waals surface area (Å²) >= 11 is 0. The number of fused-ring (bicyclic) bond motifs is 2. The second kappa shape index (κ2) is 9.41. The highest BCUT2D eigenvalue weighted by Gasteiger charge is 2.27. The molecule has 1 unspecified atom stereocenters. The molecule has 2 aliphatic heterocycles. The van der Waals surface area contributed by atoms with Crippen molar-refractivity contribution in [2.75, 3.05) is 19.6 Å². The van der Waals surface area contributed by atoms with Gasteiger partial charge in [-0.25, -0.2) is 4.98 Å². The van der Waals surface area contributed by atoms with Gasteiger partial charge in [-0.15, -0.1) is 0 Å². The molecule has 3 aromatic rings. The lowest BCUT2D eigenvalue weighted by Gasteiger charge is -2.31. The molecule has 0 spiro atoms. The zero-order chi connectivity index (χ0) is 22.9. The standard InChI is InChI=1S/C27H36N4O2/c1-4-6-21-7-5-13-31-26(21)28-19(3)22(27(31)32)12-16-30-14-10-20(11-15-30)25-23-9-8-18(2)17-24(23)33-29-25/h8-9,17,20-21H,4-7,10-16H2,1-3H3. The van der Waals surface area contributed by atoms with Crippen molar-refractivity contribution in [3.63, 3.8) is 0 Å². The molecule has 6 nitrogen and oxygen atoms in total. The van der Waals surface area contributed by atoms with Crippen LogP contribution in [0, 0.1) is 13.8 Å². The Labute approximate surface area is 196 Å². The fourth-order valence-corrected chi connectivity index (χ4v) is 5.84. The third-order valence-electron chi connectivity index (χ3n) is 7.74. The molecule has 1 saturated heterocycles. The molecule has 0 bridgehead atoms. The fourth-order valence-electron chi connectivity index (χ4n) is 5.84. The predicted octanol–water partition coefficient (Wildman–Crippen LogP) is 5.10. The summed E-state index contributed by atoms with van der Waals surface area (Å²) in [5.74, 6) is 1.92. The van der Waals surface area contributed by atoms with Gasteiger partial charge in [-0.3, -0.25) is 9.36 Å². The lowest BCUT2D eigenvalue weighted by molar-refractivity contribution is 0.211. The van der Waals surface area contributed by atoms with Gasteiger partial charge in [0.25, 0.3) is 5.56 Å². The molecule has 5 rings (SSSR count). The normalized spacial score (nSPS) is 19.8. The number of likely N-dealkylation sites (tertiary alicyclic amines) is 1. The molecule has 0 saturated carbocycles. The summed E-state index contributed by atoms with van der Waals surface area (Å²) in [7, 11) is 0. The quantitative estimate of drug-likeness (QED) is 0.525. The maximum Gasteiger partial charge on any atom is 0.256 e. The van der Waals surface area contributed by atoms with E-state index in [4.69, 9.17) is 9.51 Å². The Hall–Kier alpha value is -2.47. The molecule has 1 atom stereocenters. The van der Waals surface area contributed by atoms with Crippen LogP contribution in [-0.4, -0.2) is 39.2 Å². The molecule has 1 fully saturated rings. The van der Waals surface area contributed by atoms with Gasteiger partial charge in [-0.05, 0) is 83.2 Å². The molecule has 0 amide bonds. The van der Waals surface area contributed by atoms with Crippen molar-refractivity contribution in [3.05, 3.63) is 56.9 Å². The van der Waals surface area contributed by atoms with E-state index in [1.54, 1.807) is 0 Å².